The van der Waals surface area contributed by atoms with E-state index in [0.717, 1.165) is 4.90 Å². The maximum Gasteiger partial charge on any atom is 0.366 e. The van der Waals surface area contributed by atoms with Gasteiger partial charge in [0, 0.05) is 6.07 Å². The lowest BCUT2D eigenvalue weighted by atomic mass is 10.2. The molecule has 23 heavy (non-hydrogen) atoms. The fraction of sp³-hybridized carbons (Fsp3) is 0.500. The molecule has 0 saturated carbocycles. The Balaban J connectivity index is 2.35. The molecule has 0 aliphatic carbocycles. The summed E-state index contributed by atoms with van der Waals surface area (Å²) in [6, 6.07) is 1.57. The van der Waals surface area contributed by atoms with E-state index in [-0.39, 0.29) is 24.3 Å². The maximum atomic E-state index is 12.2. The summed E-state index contributed by atoms with van der Waals surface area (Å²) in [5.74, 6) is -1.40. The van der Waals surface area contributed by atoms with E-state index in [1.807, 2.05) is 6.92 Å². The summed E-state index contributed by atoms with van der Waals surface area (Å²) in [6.45, 7) is 4.82. The molecular weight excluding hydrogens is 306 g/mol. The topological polar surface area (TPSA) is 112 Å². The Hall–Kier alpha value is -2.71. The first-order valence-electron chi connectivity index (χ1n) is 7.16. The lowest BCUT2D eigenvalue weighted by molar-refractivity contribution is -0.389. The van der Waals surface area contributed by atoms with Gasteiger partial charge < -0.3 is 19.6 Å². The fourth-order valence-corrected chi connectivity index (χ4v) is 2.02. The average molecular weight is 323 g/mol. The number of fused-ring (bicyclic) bond motifs is 1. The minimum absolute atomic E-state index is 0.0518. The van der Waals surface area contributed by atoms with Gasteiger partial charge >= 0.3 is 11.8 Å². The Morgan fingerprint density at radius 3 is 2.83 bits per heavy atom. The third-order valence-corrected chi connectivity index (χ3v) is 3.48. The number of hydrogen-bond acceptors (Lipinski definition) is 7. The van der Waals surface area contributed by atoms with E-state index >= 15 is 0 Å². The number of esters is 1. The van der Waals surface area contributed by atoms with E-state index in [1.54, 1.807) is 6.92 Å². The number of nitro groups is 1. The molecule has 2 unspecified atom stereocenters. The molecule has 1 amide bonds. The van der Waals surface area contributed by atoms with Gasteiger partial charge in [0.15, 0.2) is 12.4 Å². The first-order chi connectivity index (χ1) is 10.8. The van der Waals surface area contributed by atoms with Crippen molar-refractivity contribution in [1.82, 2.24) is 4.98 Å². The van der Waals surface area contributed by atoms with Crippen LogP contribution in [0.5, 0.6) is 5.75 Å². The quantitative estimate of drug-likeness (QED) is 0.458. The number of nitrogens with zero attached hydrogens (tertiary/aromatic N) is 3. The molecule has 9 heteroatoms. The monoisotopic (exact) mass is 323 g/mol. The molecule has 0 spiro atoms. The zero-order valence-electron chi connectivity index (χ0n) is 13.0. The van der Waals surface area contributed by atoms with Crippen molar-refractivity contribution in [3.8, 4) is 5.75 Å². The first kappa shape index (κ1) is 16.7. The van der Waals surface area contributed by atoms with Gasteiger partial charge in [-0.05, 0) is 36.2 Å². The van der Waals surface area contributed by atoms with E-state index in [2.05, 4.69) is 4.98 Å². The van der Waals surface area contributed by atoms with E-state index in [9.17, 15) is 19.7 Å². The van der Waals surface area contributed by atoms with Gasteiger partial charge in [0.05, 0.1) is 6.10 Å². The van der Waals surface area contributed by atoms with Gasteiger partial charge in [-0.3, -0.25) is 9.69 Å². The van der Waals surface area contributed by atoms with E-state index in [4.69, 9.17) is 9.47 Å². The van der Waals surface area contributed by atoms with Gasteiger partial charge in [0.1, 0.15) is 6.04 Å². The summed E-state index contributed by atoms with van der Waals surface area (Å²) in [7, 11) is 0. The number of carbonyl (C=O) groups excluding carboxylic acids is 2. The molecule has 2 atom stereocenters. The van der Waals surface area contributed by atoms with Crippen LogP contribution in [-0.2, 0) is 14.3 Å². The summed E-state index contributed by atoms with van der Waals surface area (Å²) in [4.78, 5) is 39.4. The van der Waals surface area contributed by atoms with Crippen molar-refractivity contribution in [1.29, 1.82) is 0 Å². The number of carbonyl (C=O) groups is 2. The molecule has 1 aromatic rings. The van der Waals surface area contributed by atoms with Gasteiger partial charge in [-0.25, -0.2) is 4.79 Å². The summed E-state index contributed by atoms with van der Waals surface area (Å²) in [5, 5.41) is 10.9. The van der Waals surface area contributed by atoms with Crippen LogP contribution >= 0.6 is 0 Å². The van der Waals surface area contributed by atoms with Gasteiger partial charge in [-0.2, -0.15) is 0 Å². The summed E-state index contributed by atoms with van der Waals surface area (Å²) in [5.41, 5.74) is 0. The maximum absolute atomic E-state index is 12.2. The van der Waals surface area contributed by atoms with Crippen LogP contribution in [-0.4, -0.2) is 40.5 Å². The molecule has 1 aliphatic rings. The third-order valence-electron chi connectivity index (χ3n) is 3.48. The molecule has 0 radical (unpaired) electrons. The lowest BCUT2D eigenvalue weighted by Crippen LogP contribution is -2.49. The molecule has 2 rings (SSSR count). The zero-order valence-corrected chi connectivity index (χ0v) is 13.0. The van der Waals surface area contributed by atoms with E-state index in [1.165, 1.54) is 19.1 Å². The molecule has 0 aromatic carbocycles. The fourth-order valence-electron chi connectivity index (χ4n) is 2.02. The molecule has 0 bridgehead atoms. The van der Waals surface area contributed by atoms with Crippen molar-refractivity contribution in [3.63, 3.8) is 0 Å². The Bertz CT molecular complexity index is 647. The van der Waals surface area contributed by atoms with Crippen LogP contribution in [0, 0.1) is 10.1 Å². The second kappa shape index (κ2) is 6.59. The molecule has 124 valence electrons. The largest absolute Gasteiger partial charge is 0.477 e. The highest BCUT2D eigenvalue weighted by Crippen LogP contribution is 2.33. The predicted octanol–water partition coefficient (Wildman–Crippen LogP) is 1.45. The highest BCUT2D eigenvalue weighted by atomic mass is 16.6. The number of pyridine rings is 1. The highest BCUT2D eigenvalue weighted by Gasteiger charge is 2.39. The number of hydrogen-bond donors (Lipinski definition) is 0. The van der Waals surface area contributed by atoms with Crippen molar-refractivity contribution in [3.05, 3.63) is 22.2 Å². The number of rotatable bonds is 5. The molecular formula is C14H17N3O6. The number of aromatic nitrogens is 1. The Labute approximate surface area is 132 Å². The summed E-state index contributed by atoms with van der Waals surface area (Å²) >= 11 is 0. The zero-order chi connectivity index (χ0) is 17.1. The van der Waals surface area contributed by atoms with Crippen molar-refractivity contribution in [2.75, 3.05) is 11.5 Å². The Morgan fingerprint density at radius 2 is 2.22 bits per heavy atom. The molecule has 9 nitrogen and oxygen atoms in total. The van der Waals surface area contributed by atoms with Crippen molar-refractivity contribution in [2.24, 2.45) is 0 Å². The van der Waals surface area contributed by atoms with Crippen molar-refractivity contribution in [2.45, 2.75) is 39.3 Å². The van der Waals surface area contributed by atoms with Crippen LogP contribution < -0.4 is 9.64 Å². The minimum Gasteiger partial charge on any atom is -0.477 e. The molecule has 0 fully saturated rings. The molecule has 2 heterocycles. The van der Waals surface area contributed by atoms with Gasteiger partial charge in [-0.1, -0.05) is 6.92 Å². The van der Waals surface area contributed by atoms with Gasteiger partial charge in [-0.15, -0.1) is 0 Å². The summed E-state index contributed by atoms with van der Waals surface area (Å²) < 4.78 is 10.4. The molecule has 1 aromatic heterocycles. The third kappa shape index (κ3) is 3.38. The van der Waals surface area contributed by atoms with Gasteiger partial charge in [0.2, 0.25) is 0 Å². The average Bonchev–Trinajstić information content (AvgIpc) is 2.53. The Morgan fingerprint density at radius 1 is 1.52 bits per heavy atom. The van der Waals surface area contributed by atoms with Crippen LogP contribution in [0.3, 0.4) is 0 Å². The second-order valence-electron chi connectivity index (χ2n) is 5.13. The lowest BCUT2D eigenvalue weighted by Gasteiger charge is -2.29. The van der Waals surface area contributed by atoms with Crippen LogP contribution in [0.1, 0.15) is 27.2 Å². The number of amides is 1. The molecule has 1 aliphatic heterocycles. The van der Waals surface area contributed by atoms with Crippen LogP contribution in [0.2, 0.25) is 0 Å². The van der Waals surface area contributed by atoms with E-state index in [0.29, 0.717) is 6.42 Å². The predicted molar refractivity (Wildman–Crippen MR) is 79.2 cm³/mol. The van der Waals surface area contributed by atoms with E-state index < -0.39 is 28.7 Å². The standard InChI is InChI=1S/C14H17N3O6/c1-4-8(2)23-14(19)9(3)16-12(18)7-22-10-5-6-11(17(20)21)15-13(10)16/h5-6,8-9H,4,7H2,1-3H3. The highest BCUT2D eigenvalue weighted by molar-refractivity contribution is 6.01. The smallest absolute Gasteiger partial charge is 0.366 e. The minimum atomic E-state index is -0.964. The van der Waals surface area contributed by atoms with Crippen LogP contribution in [0.4, 0.5) is 11.6 Å². The number of ether oxygens (including phenoxy) is 2. The van der Waals surface area contributed by atoms with Crippen molar-refractivity contribution < 1.29 is 24.0 Å². The summed E-state index contributed by atoms with van der Waals surface area (Å²) in [6.07, 6.45) is 0.342. The SMILES string of the molecule is CCC(C)OC(=O)C(C)N1C(=O)COc2ccc([N+](=O)[O-])nc21. The number of anilines is 1. The van der Waals surface area contributed by atoms with Gasteiger partial charge in [0.25, 0.3) is 11.7 Å². The van der Waals surface area contributed by atoms with Crippen LogP contribution in [0.15, 0.2) is 12.1 Å². The molecule has 0 N–H and O–H groups in total. The normalized spacial score (nSPS) is 16.1. The first-order valence-corrected chi connectivity index (χ1v) is 7.16. The van der Waals surface area contributed by atoms with Crippen molar-refractivity contribution >= 4 is 23.5 Å². The molecule has 0 saturated heterocycles. The Kier molecular flexibility index (Phi) is 4.77. The van der Waals surface area contributed by atoms with Crippen LogP contribution in [0.25, 0.3) is 0 Å². The second-order valence-corrected chi connectivity index (χ2v) is 5.13.